The second kappa shape index (κ2) is 7.88. The minimum atomic E-state index is -0.580. The van der Waals surface area contributed by atoms with Crippen molar-refractivity contribution in [2.45, 2.75) is 31.8 Å². The molecule has 1 aliphatic carbocycles. The molecule has 1 aromatic rings. The van der Waals surface area contributed by atoms with Gasteiger partial charge in [0.1, 0.15) is 12.4 Å². The molecule has 0 amide bonds. The van der Waals surface area contributed by atoms with E-state index in [4.69, 9.17) is 4.74 Å². The van der Waals surface area contributed by atoms with Crippen LogP contribution < -0.4 is 15.4 Å². The first-order valence-electron chi connectivity index (χ1n) is 7.64. The van der Waals surface area contributed by atoms with E-state index in [2.05, 4.69) is 15.6 Å². The molecule has 0 bridgehead atoms. The molecule has 3 N–H and O–H groups in total. The van der Waals surface area contributed by atoms with Crippen LogP contribution in [-0.2, 0) is 0 Å². The Morgan fingerprint density at radius 2 is 2.05 bits per heavy atom. The largest absolute Gasteiger partial charge is 0.492 e. The average molecular weight is 291 g/mol. The third-order valence-corrected chi connectivity index (χ3v) is 3.57. The van der Waals surface area contributed by atoms with E-state index < -0.39 is 5.60 Å². The maximum atomic E-state index is 10.1. The summed E-state index contributed by atoms with van der Waals surface area (Å²) in [6, 6.07) is 9.74. The summed E-state index contributed by atoms with van der Waals surface area (Å²) in [5, 5.41) is 16.4. The molecule has 0 aliphatic heterocycles. The number of ether oxygens (including phenoxy) is 1. The topological polar surface area (TPSA) is 65.9 Å². The predicted octanol–water partition coefficient (Wildman–Crippen LogP) is 1.54. The molecule has 1 saturated carbocycles. The summed E-state index contributed by atoms with van der Waals surface area (Å²) in [7, 11) is 0. The van der Waals surface area contributed by atoms with Crippen molar-refractivity contribution in [3.05, 3.63) is 30.3 Å². The lowest BCUT2D eigenvalue weighted by atomic mass is 9.80. The van der Waals surface area contributed by atoms with E-state index in [0.29, 0.717) is 19.7 Å². The number of nitrogens with one attached hydrogen (secondary N) is 2. The zero-order valence-corrected chi connectivity index (χ0v) is 12.6. The highest BCUT2D eigenvalue weighted by Gasteiger charge is 2.34. The summed E-state index contributed by atoms with van der Waals surface area (Å²) >= 11 is 0. The van der Waals surface area contributed by atoms with E-state index in [1.165, 1.54) is 0 Å². The zero-order chi connectivity index (χ0) is 15.0. The number of rotatable bonds is 7. The molecule has 21 heavy (non-hydrogen) atoms. The average Bonchev–Trinajstić information content (AvgIpc) is 2.48. The van der Waals surface area contributed by atoms with Crippen LogP contribution in [0.1, 0.15) is 26.2 Å². The predicted molar refractivity (Wildman–Crippen MR) is 84.7 cm³/mol. The van der Waals surface area contributed by atoms with Crippen molar-refractivity contribution in [3.63, 3.8) is 0 Å². The van der Waals surface area contributed by atoms with Gasteiger partial charge in [-0.15, -0.1) is 0 Å². The van der Waals surface area contributed by atoms with Crippen molar-refractivity contribution in [2.75, 3.05) is 26.2 Å². The van der Waals surface area contributed by atoms with E-state index >= 15 is 0 Å². The second-order valence-corrected chi connectivity index (χ2v) is 5.36. The maximum Gasteiger partial charge on any atom is 0.191 e. The van der Waals surface area contributed by atoms with Crippen LogP contribution in [0.4, 0.5) is 0 Å². The molecule has 1 fully saturated rings. The molecule has 1 aliphatic rings. The van der Waals surface area contributed by atoms with Crippen molar-refractivity contribution in [2.24, 2.45) is 4.99 Å². The van der Waals surface area contributed by atoms with Gasteiger partial charge >= 0.3 is 0 Å². The molecular weight excluding hydrogens is 266 g/mol. The van der Waals surface area contributed by atoms with Gasteiger partial charge in [-0.05, 0) is 38.3 Å². The van der Waals surface area contributed by atoms with E-state index in [9.17, 15) is 5.11 Å². The van der Waals surface area contributed by atoms with Crippen LogP contribution in [0.5, 0.6) is 5.75 Å². The van der Waals surface area contributed by atoms with E-state index in [1.54, 1.807) is 0 Å². The summed E-state index contributed by atoms with van der Waals surface area (Å²) in [5.41, 5.74) is -0.580. The lowest BCUT2D eigenvalue weighted by Crippen LogP contribution is -2.44. The Kier molecular flexibility index (Phi) is 5.87. The Morgan fingerprint density at radius 3 is 2.67 bits per heavy atom. The van der Waals surface area contributed by atoms with Gasteiger partial charge in [-0.2, -0.15) is 0 Å². The molecular formula is C16H25N3O2. The monoisotopic (exact) mass is 291 g/mol. The first-order valence-corrected chi connectivity index (χ1v) is 7.64. The van der Waals surface area contributed by atoms with Gasteiger partial charge in [0.2, 0.25) is 0 Å². The lowest BCUT2D eigenvalue weighted by Gasteiger charge is -2.35. The van der Waals surface area contributed by atoms with Gasteiger partial charge in [-0.1, -0.05) is 18.2 Å². The number of hydrogen-bond donors (Lipinski definition) is 3. The fourth-order valence-corrected chi connectivity index (χ4v) is 2.17. The molecule has 0 heterocycles. The van der Waals surface area contributed by atoms with Crippen molar-refractivity contribution in [1.82, 2.24) is 10.6 Å². The smallest absolute Gasteiger partial charge is 0.191 e. The van der Waals surface area contributed by atoms with Gasteiger partial charge in [-0.3, -0.25) is 4.99 Å². The molecule has 116 valence electrons. The third kappa shape index (κ3) is 5.27. The van der Waals surface area contributed by atoms with Crippen LogP contribution in [0.15, 0.2) is 35.3 Å². The quantitative estimate of drug-likeness (QED) is 0.405. The van der Waals surface area contributed by atoms with Crippen LogP contribution in [0.25, 0.3) is 0 Å². The molecule has 0 radical (unpaired) electrons. The van der Waals surface area contributed by atoms with Gasteiger partial charge in [0, 0.05) is 6.54 Å². The van der Waals surface area contributed by atoms with Crippen LogP contribution >= 0.6 is 0 Å². The van der Waals surface area contributed by atoms with Crippen LogP contribution in [0.3, 0.4) is 0 Å². The molecule has 5 heteroatoms. The van der Waals surface area contributed by atoms with Crippen molar-refractivity contribution in [3.8, 4) is 5.75 Å². The molecule has 0 saturated heterocycles. The minimum absolute atomic E-state index is 0.460. The number of aliphatic imine (C=N–C) groups is 1. The van der Waals surface area contributed by atoms with Gasteiger partial charge in [0.05, 0.1) is 18.7 Å². The first-order chi connectivity index (χ1) is 10.2. The highest BCUT2D eigenvalue weighted by atomic mass is 16.5. The number of aliphatic hydroxyl groups is 1. The van der Waals surface area contributed by atoms with Crippen LogP contribution in [0, 0.1) is 0 Å². The first kappa shape index (κ1) is 15.6. The number of benzene rings is 1. The molecule has 0 atom stereocenters. The van der Waals surface area contributed by atoms with Crippen LogP contribution in [-0.4, -0.2) is 42.9 Å². The number of guanidine groups is 1. The lowest BCUT2D eigenvalue weighted by molar-refractivity contribution is -0.0236. The Hall–Kier alpha value is -1.75. The van der Waals surface area contributed by atoms with Crippen molar-refractivity contribution < 1.29 is 9.84 Å². The van der Waals surface area contributed by atoms with Gasteiger partial charge < -0.3 is 20.5 Å². The maximum absolute atomic E-state index is 10.1. The second-order valence-electron chi connectivity index (χ2n) is 5.36. The molecule has 5 nitrogen and oxygen atoms in total. The van der Waals surface area contributed by atoms with E-state index in [0.717, 1.165) is 37.5 Å². The number of para-hydroxylation sites is 1. The Bertz CT molecular complexity index is 444. The van der Waals surface area contributed by atoms with Gasteiger partial charge in [0.15, 0.2) is 5.96 Å². The summed E-state index contributed by atoms with van der Waals surface area (Å²) in [6.45, 7) is 4.51. The molecule has 0 unspecified atom stereocenters. The Labute approximate surface area is 126 Å². The number of nitrogens with zero attached hydrogens (tertiary/aromatic N) is 1. The summed E-state index contributed by atoms with van der Waals surface area (Å²) < 4.78 is 5.62. The molecule has 0 spiro atoms. The minimum Gasteiger partial charge on any atom is -0.492 e. The zero-order valence-electron chi connectivity index (χ0n) is 12.6. The molecule has 1 aromatic carbocycles. The van der Waals surface area contributed by atoms with Crippen LogP contribution in [0.2, 0.25) is 0 Å². The molecule has 2 rings (SSSR count). The SMILES string of the molecule is CCNC(=NCC1(O)CCC1)NCCOc1ccccc1. The van der Waals surface area contributed by atoms with Crippen molar-refractivity contribution >= 4 is 5.96 Å². The summed E-state index contributed by atoms with van der Waals surface area (Å²) in [4.78, 5) is 4.44. The van der Waals surface area contributed by atoms with Crippen molar-refractivity contribution in [1.29, 1.82) is 0 Å². The number of hydrogen-bond acceptors (Lipinski definition) is 3. The summed E-state index contributed by atoms with van der Waals surface area (Å²) in [6.07, 6.45) is 2.81. The Morgan fingerprint density at radius 1 is 1.29 bits per heavy atom. The Balaban J connectivity index is 1.70. The normalized spacial score (nSPS) is 17.0. The third-order valence-electron chi connectivity index (χ3n) is 3.57. The summed E-state index contributed by atoms with van der Waals surface area (Å²) in [5.74, 6) is 1.60. The highest BCUT2D eigenvalue weighted by molar-refractivity contribution is 5.79. The standard InChI is InChI=1S/C16H25N3O2/c1-2-17-15(19-13-16(20)9-6-10-16)18-11-12-21-14-7-4-3-5-8-14/h3-5,7-8,20H,2,6,9-13H2,1H3,(H2,17,18,19). The molecule has 0 aromatic heterocycles. The fourth-order valence-electron chi connectivity index (χ4n) is 2.17. The van der Waals surface area contributed by atoms with Gasteiger partial charge in [-0.25, -0.2) is 0 Å². The fraction of sp³-hybridized carbons (Fsp3) is 0.562. The van der Waals surface area contributed by atoms with E-state index in [1.807, 2.05) is 37.3 Å². The van der Waals surface area contributed by atoms with E-state index in [-0.39, 0.29) is 0 Å². The highest BCUT2D eigenvalue weighted by Crippen LogP contribution is 2.31. The van der Waals surface area contributed by atoms with Gasteiger partial charge in [0.25, 0.3) is 0 Å².